The number of nitrogens with zero attached hydrogens (tertiary/aromatic N) is 5. The number of imidazole rings is 1. The first-order chi connectivity index (χ1) is 17.4. The first-order valence-electron chi connectivity index (χ1n) is 12.5. The Balaban J connectivity index is 1.79. The van der Waals surface area contributed by atoms with E-state index in [1.54, 1.807) is 33.5 Å². The van der Waals surface area contributed by atoms with Gasteiger partial charge in [0.05, 0.1) is 12.2 Å². The minimum Gasteiger partial charge on any atom is -0.477 e. The first kappa shape index (κ1) is 24.0. The Hall–Kier alpha value is -3.75. The molecule has 5 rings (SSSR count). The first-order valence-corrected chi connectivity index (χ1v) is 12.5. The van der Waals surface area contributed by atoms with Gasteiger partial charge < -0.3 is 9.30 Å². The number of fused-ring (bicyclic) bond motifs is 1. The summed E-state index contributed by atoms with van der Waals surface area (Å²) >= 11 is 0. The SMILES string of the molecule is CCCn1c(=O)c2c(nc(-c3cccnc3OCC3CC3)n2Cc2ccc(F)cc2)n(C(C)C)c1=O. The van der Waals surface area contributed by atoms with Gasteiger partial charge in [-0.05, 0) is 68.9 Å². The highest BCUT2D eigenvalue weighted by Gasteiger charge is 2.27. The van der Waals surface area contributed by atoms with Crippen LogP contribution in [0.25, 0.3) is 22.6 Å². The Morgan fingerprint density at radius 1 is 1.11 bits per heavy atom. The molecule has 0 N–H and O–H groups in total. The lowest BCUT2D eigenvalue weighted by molar-refractivity contribution is 0.289. The third-order valence-corrected chi connectivity index (χ3v) is 6.44. The Kier molecular flexibility index (Phi) is 6.47. The summed E-state index contributed by atoms with van der Waals surface area (Å²) in [6, 6.07) is 9.59. The van der Waals surface area contributed by atoms with Crippen LogP contribution in [0.4, 0.5) is 4.39 Å². The van der Waals surface area contributed by atoms with E-state index < -0.39 is 0 Å². The smallest absolute Gasteiger partial charge is 0.332 e. The van der Waals surface area contributed by atoms with Gasteiger partial charge in [-0.25, -0.2) is 19.2 Å². The van der Waals surface area contributed by atoms with Gasteiger partial charge in [-0.2, -0.15) is 0 Å². The van der Waals surface area contributed by atoms with E-state index >= 15 is 0 Å². The molecule has 0 atom stereocenters. The molecule has 1 aliphatic carbocycles. The summed E-state index contributed by atoms with van der Waals surface area (Å²) in [6.45, 7) is 6.86. The van der Waals surface area contributed by atoms with Crippen LogP contribution in [0.3, 0.4) is 0 Å². The van der Waals surface area contributed by atoms with Gasteiger partial charge in [0, 0.05) is 25.3 Å². The van der Waals surface area contributed by atoms with Gasteiger partial charge in [-0.1, -0.05) is 19.1 Å². The number of aromatic nitrogens is 5. The number of hydrogen-bond donors (Lipinski definition) is 0. The van der Waals surface area contributed by atoms with Crippen LogP contribution in [0.5, 0.6) is 5.88 Å². The van der Waals surface area contributed by atoms with Gasteiger partial charge in [0.2, 0.25) is 5.88 Å². The van der Waals surface area contributed by atoms with E-state index in [0.717, 1.165) is 18.4 Å². The number of rotatable bonds is 9. The molecular formula is C27H30FN5O3. The van der Waals surface area contributed by atoms with Gasteiger partial charge in [0.25, 0.3) is 5.56 Å². The van der Waals surface area contributed by atoms with Gasteiger partial charge >= 0.3 is 5.69 Å². The minimum atomic E-state index is -0.390. The lowest BCUT2D eigenvalue weighted by Gasteiger charge is -2.15. The molecule has 0 aliphatic heterocycles. The predicted molar refractivity (Wildman–Crippen MR) is 136 cm³/mol. The standard InChI is InChI=1S/C27H30FN5O3/c1-4-14-31-26(34)22-24(33(17(2)3)27(31)35)30-23(32(22)15-18-9-11-20(28)12-10-18)21-6-5-13-29-25(21)36-16-19-7-8-19/h5-6,9-13,17,19H,4,7-8,14-16H2,1-3H3. The van der Waals surface area contributed by atoms with Crippen molar-refractivity contribution in [2.24, 2.45) is 5.92 Å². The second kappa shape index (κ2) is 9.72. The van der Waals surface area contributed by atoms with Crippen molar-refractivity contribution in [3.05, 3.63) is 74.8 Å². The summed E-state index contributed by atoms with van der Waals surface area (Å²) in [5, 5.41) is 0. The van der Waals surface area contributed by atoms with Crippen LogP contribution < -0.4 is 16.0 Å². The lowest BCUT2D eigenvalue weighted by atomic mass is 10.2. The molecule has 9 heteroatoms. The summed E-state index contributed by atoms with van der Waals surface area (Å²) < 4.78 is 24.3. The van der Waals surface area contributed by atoms with Crippen LogP contribution in [-0.2, 0) is 13.1 Å². The molecule has 0 radical (unpaired) electrons. The molecule has 1 aliphatic rings. The number of pyridine rings is 1. The maximum atomic E-state index is 13.7. The fourth-order valence-corrected chi connectivity index (χ4v) is 4.43. The van der Waals surface area contributed by atoms with Crippen molar-refractivity contribution in [1.29, 1.82) is 0 Å². The Morgan fingerprint density at radius 3 is 2.53 bits per heavy atom. The summed E-state index contributed by atoms with van der Waals surface area (Å²) in [5.74, 6) is 1.11. The number of benzene rings is 1. The zero-order valence-corrected chi connectivity index (χ0v) is 20.8. The number of ether oxygens (including phenoxy) is 1. The second-order valence-electron chi connectivity index (χ2n) is 9.63. The molecule has 0 amide bonds. The average molecular weight is 492 g/mol. The van der Waals surface area contributed by atoms with Crippen molar-refractivity contribution in [2.75, 3.05) is 6.61 Å². The molecule has 8 nitrogen and oxygen atoms in total. The highest BCUT2D eigenvalue weighted by Crippen LogP contribution is 2.33. The minimum absolute atomic E-state index is 0.217. The Morgan fingerprint density at radius 2 is 1.86 bits per heavy atom. The van der Waals surface area contributed by atoms with Crippen molar-refractivity contribution in [3.8, 4) is 17.3 Å². The maximum absolute atomic E-state index is 13.7. The Labute approximate surface area is 208 Å². The fraction of sp³-hybridized carbons (Fsp3) is 0.407. The van der Waals surface area contributed by atoms with E-state index in [1.165, 1.54) is 16.7 Å². The van der Waals surface area contributed by atoms with Gasteiger partial charge in [0.15, 0.2) is 11.2 Å². The van der Waals surface area contributed by atoms with E-state index in [9.17, 15) is 14.0 Å². The molecule has 3 heterocycles. The van der Waals surface area contributed by atoms with Crippen LogP contribution in [0.2, 0.25) is 0 Å². The summed E-state index contributed by atoms with van der Waals surface area (Å²) in [6.07, 6.45) is 4.59. The highest BCUT2D eigenvalue weighted by molar-refractivity contribution is 5.78. The molecule has 0 bridgehead atoms. The average Bonchev–Trinajstić information content (AvgIpc) is 3.62. The van der Waals surface area contributed by atoms with E-state index in [1.807, 2.05) is 26.8 Å². The van der Waals surface area contributed by atoms with Crippen LogP contribution in [0.15, 0.2) is 52.2 Å². The van der Waals surface area contributed by atoms with Crippen LogP contribution in [0, 0.1) is 11.7 Å². The quantitative estimate of drug-likeness (QED) is 0.347. The molecule has 0 unspecified atom stereocenters. The van der Waals surface area contributed by atoms with E-state index in [2.05, 4.69) is 4.98 Å². The molecule has 1 fully saturated rings. The summed E-state index contributed by atoms with van der Waals surface area (Å²) in [5.41, 5.74) is 1.32. The lowest BCUT2D eigenvalue weighted by Crippen LogP contribution is -2.41. The molecule has 1 aromatic carbocycles. The molecular weight excluding hydrogens is 461 g/mol. The largest absolute Gasteiger partial charge is 0.477 e. The molecule has 0 saturated heterocycles. The maximum Gasteiger partial charge on any atom is 0.332 e. The van der Waals surface area contributed by atoms with Crippen LogP contribution >= 0.6 is 0 Å². The normalized spacial score (nSPS) is 13.6. The predicted octanol–water partition coefficient (Wildman–Crippen LogP) is 4.39. The molecule has 36 heavy (non-hydrogen) atoms. The van der Waals surface area contributed by atoms with Crippen LogP contribution in [-0.4, -0.2) is 30.3 Å². The molecule has 4 aromatic rings. The van der Waals surface area contributed by atoms with Crippen molar-refractivity contribution < 1.29 is 9.13 Å². The van der Waals surface area contributed by atoms with Gasteiger partial charge in [-0.3, -0.25) is 13.9 Å². The Bertz CT molecular complexity index is 1510. The monoisotopic (exact) mass is 491 g/mol. The van der Waals surface area contributed by atoms with Crippen molar-refractivity contribution in [3.63, 3.8) is 0 Å². The van der Waals surface area contributed by atoms with Crippen LogP contribution in [0.1, 0.15) is 51.6 Å². The number of halogens is 1. The fourth-order valence-electron chi connectivity index (χ4n) is 4.43. The molecule has 188 valence electrons. The zero-order chi connectivity index (χ0) is 25.4. The third-order valence-electron chi connectivity index (χ3n) is 6.44. The zero-order valence-electron chi connectivity index (χ0n) is 20.8. The highest BCUT2D eigenvalue weighted by atomic mass is 19.1. The third kappa shape index (κ3) is 4.45. The summed E-state index contributed by atoms with van der Waals surface area (Å²) in [7, 11) is 0. The van der Waals surface area contributed by atoms with Gasteiger partial charge in [0.1, 0.15) is 11.6 Å². The van der Waals surface area contributed by atoms with Gasteiger partial charge in [-0.15, -0.1) is 0 Å². The van der Waals surface area contributed by atoms with E-state index in [0.29, 0.717) is 53.9 Å². The van der Waals surface area contributed by atoms with Crippen molar-refractivity contribution in [1.82, 2.24) is 23.7 Å². The number of hydrogen-bond acceptors (Lipinski definition) is 5. The topological polar surface area (TPSA) is 83.9 Å². The van der Waals surface area contributed by atoms with Crippen molar-refractivity contribution >= 4 is 11.2 Å². The molecule has 1 saturated carbocycles. The second-order valence-corrected chi connectivity index (χ2v) is 9.63. The van der Waals surface area contributed by atoms with E-state index in [-0.39, 0.29) is 29.7 Å². The molecule has 3 aromatic heterocycles. The summed E-state index contributed by atoms with van der Waals surface area (Å²) in [4.78, 5) is 36.4. The molecule has 0 spiro atoms. The van der Waals surface area contributed by atoms with Crippen molar-refractivity contribution in [2.45, 2.75) is 59.2 Å². The van der Waals surface area contributed by atoms with E-state index in [4.69, 9.17) is 9.72 Å².